The zero-order valence-electron chi connectivity index (χ0n) is 9.44. The quantitative estimate of drug-likeness (QED) is 0.784. The molecule has 0 bridgehead atoms. The van der Waals surface area contributed by atoms with Crippen LogP contribution in [0.15, 0.2) is 23.5 Å². The molecule has 0 saturated carbocycles. The molecule has 0 spiro atoms. The monoisotopic (exact) mass is 274 g/mol. The fourth-order valence-electron chi connectivity index (χ4n) is 1.68. The fourth-order valence-corrected chi connectivity index (χ4v) is 1.68. The van der Waals surface area contributed by atoms with E-state index in [1.54, 1.807) is 0 Å². The van der Waals surface area contributed by atoms with Gasteiger partial charge in [-0.25, -0.2) is 0 Å². The van der Waals surface area contributed by atoms with Gasteiger partial charge in [-0.15, -0.1) is 0 Å². The van der Waals surface area contributed by atoms with E-state index in [0.29, 0.717) is 6.08 Å². The Hall–Kier alpha value is -1.34. The van der Waals surface area contributed by atoms with Crippen molar-refractivity contribution in [2.75, 3.05) is 6.54 Å². The lowest BCUT2D eigenvalue weighted by Gasteiger charge is -2.33. The average Bonchev–Trinajstić information content (AvgIpc) is 2.12. The highest BCUT2D eigenvalue weighted by atomic mass is 19.4. The van der Waals surface area contributed by atoms with Gasteiger partial charge in [-0.3, -0.25) is 0 Å². The highest BCUT2D eigenvalue weighted by molar-refractivity contribution is 5.30. The summed E-state index contributed by atoms with van der Waals surface area (Å²) < 4.78 is 73.6. The molecule has 0 amide bonds. The molecule has 1 rings (SSSR count). The third-order valence-electron chi connectivity index (χ3n) is 2.53. The van der Waals surface area contributed by atoms with Crippen molar-refractivity contribution in [1.29, 1.82) is 0 Å². The van der Waals surface area contributed by atoms with Crippen LogP contribution in [0.25, 0.3) is 0 Å². The van der Waals surface area contributed by atoms with Crippen LogP contribution < -0.4 is 5.73 Å². The van der Waals surface area contributed by atoms with Crippen LogP contribution in [0.5, 0.6) is 0 Å². The summed E-state index contributed by atoms with van der Waals surface area (Å²) in [6, 6.07) is -1.01. The van der Waals surface area contributed by atoms with Gasteiger partial charge in [0, 0.05) is 12.6 Å². The lowest BCUT2D eigenvalue weighted by atomic mass is 10.1. The van der Waals surface area contributed by atoms with Gasteiger partial charge in [0.25, 0.3) is 0 Å². The Kier molecular flexibility index (Phi) is 3.87. The van der Waals surface area contributed by atoms with Crippen LogP contribution in [0.3, 0.4) is 0 Å². The molecule has 1 heterocycles. The molecule has 0 aromatic carbocycles. The SMILES string of the molecule is CC(CC(F)(F)F)N1CC=C(C(F)(F)F)C=C1N. The van der Waals surface area contributed by atoms with E-state index in [4.69, 9.17) is 5.73 Å². The molecule has 18 heavy (non-hydrogen) atoms. The number of hydrogen-bond acceptors (Lipinski definition) is 2. The number of hydrogen-bond donors (Lipinski definition) is 1. The fraction of sp³-hybridized carbons (Fsp3) is 0.600. The number of nitrogens with zero attached hydrogens (tertiary/aromatic N) is 1. The second kappa shape index (κ2) is 4.74. The molecule has 0 fully saturated rings. The van der Waals surface area contributed by atoms with Gasteiger partial charge in [-0.1, -0.05) is 6.08 Å². The van der Waals surface area contributed by atoms with E-state index in [0.717, 1.165) is 11.0 Å². The minimum atomic E-state index is -4.54. The van der Waals surface area contributed by atoms with Crippen molar-refractivity contribution in [3.8, 4) is 0 Å². The predicted molar refractivity (Wildman–Crippen MR) is 53.2 cm³/mol. The smallest absolute Gasteiger partial charge is 0.385 e. The van der Waals surface area contributed by atoms with E-state index < -0.39 is 30.4 Å². The van der Waals surface area contributed by atoms with Crippen LogP contribution in [0.4, 0.5) is 26.3 Å². The molecule has 0 radical (unpaired) electrons. The minimum Gasteiger partial charge on any atom is -0.385 e. The lowest BCUT2D eigenvalue weighted by Crippen LogP contribution is -2.40. The molecular formula is C10H12F6N2. The minimum absolute atomic E-state index is 0.283. The first-order valence-electron chi connectivity index (χ1n) is 5.08. The molecule has 2 N–H and O–H groups in total. The van der Waals surface area contributed by atoms with Crippen molar-refractivity contribution >= 4 is 0 Å². The van der Waals surface area contributed by atoms with Gasteiger partial charge in [0.05, 0.1) is 17.8 Å². The lowest BCUT2D eigenvalue weighted by molar-refractivity contribution is -0.144. The molecule has 104 valence electrons. The van der Waals surface area contributed by atoms with Crippen LogP contribution in [-0.4, -0.2) is 29.8 Å². The summed E-state index contributed by atoms with van der Waals surface area (Å²) >= 11 is 0. The molecule has 0 saturated heterocycles. The van der Waals surface area contributed by atoms with Gasteiger partial charge in [0.1, 0.15) is 0 Å². The molecule has 1 aliphatic heterocycles. The van der Waals surface area contributed by atoms with E-state index in [-0.39, 0.29) is 12.4 Å². The molecule has 0 aromatic rings. The maximum atomic E-state index is 12.3. The van der Waals surface area contributed by atoms with Gasteiger partial charge >= 0.3 is 12.4 Å². The molecule has 1 atom stereocenters. The average molecular weight is 274 g/mol. The van der Waals surface area contributed by atoms with E-state index in [1.165, 1.54) is 6.92 Å². The Bertz CT molecular complexity index is 366. The Morgan fingerprint density at radius 1 is 1.28 bits per heavy atom. The number of halogens is 6. The van der Waals surface area contributed by atoms with E-state index in [9.17, 15) is 26.3 Å². The number of alkyl halides is 6. The van der Waals surface area contributed by atoms with Gasteiger partial charge in [0.2, 0.25) is 0 Å². The van der Waals surface area contributed by atoms with Crippen molar-refractivity contribution in [2.45, 2.75) is 31.7 Å². The summed E-state index contributed by atoms with van der Waals surface area (Å²) in [7, 11) is 0. The first-order valence-corrected chi connectivity index (χ1v) is 5.08. The summed E-state index contributed by atoms with van der Waals surface area (Å²) in [6.45, 7) is 0.981. The third kappa shape index (κ3) is 3.85. The normalized spacial score (nSPS) is 19.4. The largest absolute Gasteiger partial charge is 0.416 e. The van der Waals surface area contributed by atoms with Crippen molar-refractivity contribution in [3.63, 3.8) is 0 Å². The third-order valence-corrected chi connectivity index (χ3v) is 2.53. The highest BCUT2D eigenvalue weighted by Crippen LogP contribution is 2.31. The predicted octanol–water partition coefficient (Wildman–Crippen LogP) is 2.93. The van der Waals surface area contributed by atoms with Crippen molar-refractivity contribution in [2.24, 2.45) is 5.73 Å². The first-order chi connectivity index (χ1) is 8.00. The summed E-state index contributed by atoms with van der Waals surface area (Å²) in [5, 5.41) is 0. The molecule has 0 aromatic heterocycles. The molecule has 1 aliphatic rings. The van der Waals surface area contributed by atoms with Crippen LogP contribution in [0.2, 0.25) is 0 Å². The Morgan fingerprint density at radius 3 is 2.22 bits per heavy atom. The Morgan fingerprint density at radius 2 is 1.83 bits per heavy atom. The van der Waals surface area contributed by atoms with E-state index >= 15 is 0 Å². The van der Waals surface area contributed by atoms with Gasteiger partial charge in [-0.2, -0.15) is 26.3 Å². The zero-order chi connectivity index (χ0) is 14.1. The highest BCUT2D eigenvalue weighted by Gasteiger charge is 2.37. The molecular weight excluding hydrogens is 262 g/mol. The van der Waals surface area contributed by atoms with Gasteiger partial charge < -0.3 is 10.6 Å². The summed E-state index contributed by atoms with van der Waals surface area (Å²) in [5.74, 6) is -0.304. The van der Waals surface area contributed by atoms with Crippen LogP contribution in [-0.2, 0) is 0 Å². The Labute approximate surface area is 99.7 Å². The molecule has 0 aliphatic carbocycles. The molecule has 2 nitrogen and oxygen atoms in total. The Balaban J connectivity index is 2.76. The van der Waals surface area contributed by atoms with Crippen molar-refractivity contribution in [1.82, 2.24) is 4.90 Å². The van der Waals surface area contributed by atoms with Crippen LogP contribution in [0, 0.1) is 0 Å². The van der Waals surface area contributed by atoms with E-state index in [2.05, 4.69) is 0 Å². The second-order valence-electron chi connectivity index (χ2n) is 4.05. The van der Waals surface area contributed by atoms with Gasteiger partial charge in [-0.05, 0) is 13.0 Å². The van der Waals surface area contributed by atoms with Crippen molar-refractivity contribution in [3.05, 3.63) is 23.5 Å². The summed E-state index contributed by atoms with van der Waals surface area (Å²) in [6.07, 6.45) is -8.58. The maximum absolute atomic E-state index is 12.3. The summed E-state index contributed by atoms with van der Waals surface area (Å²) in [4.78, 5) is 1.09. The summed E-state index contributed by atoms with van der Waals surface area (Å²) in [5.41, 5.74) is 4.43. The zero-order valence-corrected chi connectivity index (χ0v) is 9.44. The molecule has 8 heteroatoms. The van der Waals surface area contributed by atoms with Crippen LogP contribution in [0.1, 0.15) is 13.3 Å². The van der Waals surface area contributed by atoms with Crippen LogP contribution >= 0.6 is 0 Å². The number of nitrogens with two attached hydrogens (primary N) is 1. The number of allylic oxidation sites excluding steroid dienone is 2. The number of rotatable bonds is 2. The first kappa shape index (κ1) is 14.7. The second-order valence-corrected chi connectivity index (χ2v) is 4.05. The standard InChI is InChI=1S/C10H12F6N2/c1-6(5-9(11,12)13)18-3-2-7(4-8(18)17)10(14,15)16/h2,4,6H,3,5,17H2,1H3. The van der Waals surface area contributed by atoms with Crippen molar-refractivity contribution < 1.29 is 26.3 Å². The molecule has 1 unspecified atom stereocenters. The topological polar surface area (TPSA) is 29.3 Å². The maximum Gasteiger partial charge on any atom is 0.416 e. The van der Waals surface area contributed by atoms with E-state index in [1.807, 2.05) is 0 Å². The van der Waals surface area contributed by atoms with Gasteiger partial charge in [0.15, 0.2) is 0 Å².